The Labute approximate surface area is 147 Å². The summed E-state index contributed by atoms with van der Waals surface area (Å²) in [6.45, 7) is 5.16. The van der Waals surface area contributed by atoms with Crippen LogP contribution in [-0.4, -0.2) is 68.4 Å². The molecule has 0 aromatic rings. The number of esters is 1. The van der Waals surface area contributed by atoms with Gasteiger partial charge in [-0.15, -0.1) is 11.6 Å². The first-order valence-electron chi connectivity index (χ1n) is 7.62. The summed E-state index contributed by atoms with van der Waals surface area (Å²) in [5.74, 6) is -0.480. The molecule has 0 bridgehead atoms. The summed E-state index contributed by atoms with van der Waals surface area (Å²) < 4.78 is 36.4. The maximum atomic E-state index is 12.3. The van der Waals surface area contributed by atoms with Gasteiger partial charge in [0.25, 0.3) is 0 Å². The molecule has 1 saturated heterocycles. The molecular weight excluding hydrogens is 360 g/mol. The predicted molar refractivity (Wildman–Crippen MR) is 89.4 cm³/mol. The average molecular weight is 385 g/mol. The fourth-order valence-corrected chi connectivity index (χ4v) is 3.97. The van der Waals surface area contributed by atoms with Crippen molar-refractivity contribution in [1.29, 1.82) is 0 Å². The highest BCUT2D eigenvalue weighted by molar-refractivity contribution is 7.89. The third-order valence-electron chi connectivity index (χ3n) is 3.30. The van der Waals surface area contributed by atoms with Crippen molar-refractivity contribution in [2.24, 2.45) is 0 Å². The summed E-state index contributed by atoms with van der Waals surface area (Å²) in [5, 5.41) is 0. The van der Waals surface area contributed by atoms with Gasteiger partial charge in [0.05, 0.1) is 12.9 Å². The van der Waals surface area contributed by atoms with Crippen LogP contribution in [0.5, 0.6) is 0 Å². The van der Waals surface area contributed by atoms with Crippen LogP contribution in [0.1, 0.15) is 33.6 Å². The van der Waals surface area contributed by atoms with Gasteiger partial charge >= 0.3 is 12.1 Å². The van der Waals surface area contributed by atoms with Crippen LogP contribution < -0.4 is 4.72 Å². The first-order chi connectivity index (χ1) is 11.0. The Morgan fingerprint density at radius 2 is 1.96 bits per heavy atom. The van der Waals surface area contributed by atoms with E-state index in [1.54, 1.807) is 20.8 Å². The molecule has 1 aliphatic heterocycles. The van der Waals surface area contributed by atoms with Gasteiger partial charge in [0, 0.05) is 18.5 Å². The SMILES string of the molecule is COC(=O)[C@H]1C[C@H](NS(=O)(=O)CCCCl)CN1C(=O)OC(C)(C)C. The Morgan fingerprint density at radius 1 is 1.33 bits per heavy atom. The molecule has 10 heteroatoms. The highest BCUT2D eigenvalue weighted by Gasteiger charge is 2.43. The molecule has 0 saturated carbocycles. The van der Waals surface area contributed by atoms with Crippen molar-refractivity contribution >= 4 is 33.7 Å². The number of hydrogen-bond acceptors (Lipinski definition) is 6. The zero-order valence-corrected chi connectivity index (χ0v) is 15.9. The quantitative estimate of drug-likeness (QED) is 0.543. The fraction of sp³-hybridized carbons (Fsp3) is 0.857. The number of rotatable bonds is 6. The van der Waals surface area contributed by atoms with Crippen molar-refractivity contribution in [3.63, 3.8) is 0 Å². The molecule has 1 rings (SSSR count). The number of carbonyl (C=O) groups is 2. The van der Waals surface area contributed by atoms with Gasteiger partial charge in [0.2, 0.25) is 10.0 Å². The van der Waals surface area contributed by atoms with Crippen molar-refractivity contribution in [3.8, 4) is 0 Å². The number of alkyl halides is 1. The number of hydrogen-bond donors (Lipinski definition) is 1. The zero-order valence-electron chi connectivity index (χ0n) is 14.4. The van der Waals surface area contributed by atoms with E-state index in [0.717, 1.165) is 0 Å². The normalized spacial score (nSPS) is 21.6. The van der Waals surface area contributed by atoms with Crippen molar-refractivity contribution < 1.29 is 27.5 Å². The average Bonchev–Trinajstić information content (AvgIpc) is 2.85. The van der Waals surface area contributed by atoms with Gasteiger partial charge in [-0.2, -0.15) is 0 Å². The van der Waals surface area contributed by atoms with Crippen LogP contribution in [0.2, 0.25) is 0 Å². The van der Waals surface area contributed by atoms with Crippen molar-refractivity contribution in [3.05, 3.63) is 0 Å². The Morgan fingerprint density at radius 3 is 2.46 bits per heavy atom. The fourth-order valence-electron chi connectivity index (χ4n) is 2.36. The van der Waals surface area contributed by atoms with Gasteiger partial charge in [0.15, 0.2) is 0 Å². The summed E-state index contributed by atoms with van der Waals surface area (Å²) in [6.07, 6.45) is -0.230. The Hall–Kier alpha value is -1.06. The molecule has 0 aliphatic carbocycles. The first-order valence-corrected chi connectivity index (χ1v) is 9.81. The predicted octanol–water partition coefficient (Wildman–Crippen LogP) is 1.09. The van der Waals surface area contributed by atoms with Crippen LogP contribution in [-0.2, 0) is 24.3 Å². The molecule has 0 aromatic heterocycles. The van der Waals surface area contributed by atoms with Crippen LogP contribution >= 0.6 is 11.6 Å². The van der Waals surface area contributed by atoms with Crippen molar-refractivity contribution in [2.75, 3.05) is 25.3 Å². The van der Waals surface area contributed by atoms with Gasteiger partial charge in [-0.3, -0.25) is 4.90 Å². The highest BCUT2D eigenvalue weighted by Crippen LogP contribution is 2.23. The van der Waals surface area contributed by atoms with Gasteiger partial charge in [-0.25, -0.2) is 22.7 Å². The molecule has 1 fully saturated rings. The molecule has 1 amide bonds. The molecule has 8 nitrogen and oxygen atoms in total. The van der Waals surface area contributed by atoms with E-state index in [1.165, 1.54) is 12.0 Å². The zero-order chi connectivity index (χ0) is 18.5. The number of sulfonamides is 1. The number of likely N-dealkylation sites (tertiary alicyclic amines) is 1. The van der Waals surface area contributed by atoms with Crippen LogP contribution in [0.25, 0.3) is 0 Å². The monoisotopic (exact) mass is 384 g/mol. The number of ether oxygens (including phenoxy) is 2. The highest BCUT2D eigenvalue weighted by atomic mass is 35.5. The molecule has 0 radical (unpaired) electrons. The van der Waals surface area contributed by atoms with Crippen LogP contribution in [0, 0.1) is 0 Å². The van der Waals surface area contributed by atoms with E-state index < -0.39 is 39.8 Å². The number of halogens is 1. The second-order valence-electron chi connectivity index (χ2n) is 6.58. The Balaban J connectivity index is 2.84. The van der Waals surface area contributed by atoms with Crippen LogP contribution in [0.15, 0.2) is 0 Å². The van der Waals surface area contributed by atoms with E-state index >= 15 is 0 Å². The lowest BCUT2D eigenvalue weighted by Gasteiger charge is -2.27. The molecule has 140 valence electrons. The lowest BCUT2D eigenvalue weighted by atomic mass is 10.2. The van der Waals surface area contributed by atoms with E-state index in [1.807, 2.05) is 0 Å². The summed E-state index contributed by atoms with van der Waals surface area (Å²) in [4.78, 5) is 25.4. The minimum absolute atomic E-state index is 0.0365. The Bertz CT molecular complexity index is 560. The van der Waals surface area contributed by atoms with Gasteiger partial charge < -0.3 is 9.47 Å². The maximum absolute atomic E-state index is 12.3. The van der Waals surface area contributed by atoms with E-state index in [2.05, 4.69) is 4.72 Å². The molecule has 0 spiro atoms. The molecule has 1 heterocycles. The Kier molecular flexibility index (Phi) is 7.30. The first kappa shape index (κ1) is 21.0. The van der Waals surface area contributed by atoms with Gasteiger partial charge in [-0.1, -0.05) is 0 Å². The second kappa shape index (κ2) is 8.35. The number of methoxy groups -OCH3 is 1. The van der Waals surface area contributed by atoms with E-state index in [-0.39, 0.29) is 24.6 Å². The molecular formula is C14H25ClN2O6S. The summed E-state index contributed by atoms with van der Waals surface area (Å²) in [7, 11) is -2.32. The molecule has 1 N–H and O–H groups in total. The third-order valence-corrected chi connectivity index (χ3v) is 5.08. The second-order valence-corrected chi connectivity index (χ2v) is 8.83. The van der Waals surface area contributed by atoms with E-state index in [4.69, 9.17) is 21.1 Å². The van der Waals surface area contributed by atoms with Crippen LogP contribution in [0.3, 0.4) is 0 Å². The molecule has 2 atom stereocenters. The number of carbonyl (C=O) groups excluding carboxylic acids is 2. The van der Waals surface area contributed by atoms with Crippen molar-refractivity contribution in [1.82, 2.24) is 9.62 Å². The smallest absolute Gasteiger partial charge is 0.411 e. The minimum Gasteiger partial charge on any atom is -0.467 e. The van der Waals surface area contributed by atoms with Gasteiger partial charge in [-0.05, 0) is 33.6 Å². The lowest BCUT2D eigenvalue weighted by Crippen LogP contribution is -2.44. The summed E-state index contributed by atoms with van der Waals surface area (Å²) in [5.41, 5.74) is -0.726. The molecule has 1 aliphatic rings. The summed E-state index contributed by atoms with van der Waals surface area (Å²) in [6, 6.07) is -1.47. The van der Waals surface area contributed by atoms with E-state index in [9.17, 15) is 18.0 Å². The number of nitrogens with one attached hydrogen (secondary N) is 1. The molecule has 0 unspecified atom stereocenters. The largest absolute Gasteiger partial charge is 0.467 e. The standard InChI is InChI=1S/C14H25ClN2O6S/c1-14(2,3)23-13(19)17-9-10(8-11(17)12(18)22-4)16-24(20,21)7-5-6-15/h10-11,16H,5-9H2,1-4H3/t10-,11+/m0/s1. The molecule has 24 heavy (non-hydrogen) atoms. The number of amides is 1. The topological polar surface area (TPSA) is 102 Å². The van der Waals surface area contributed by atoms with E-state index in [0.29, 0.717) is 6.42 Å². The molecule has 0 aromatic carbocycles. The third kappa shape index (κ3) is 6.45. The maximum Gasteiger partial charge on any atom is 0.411 e. The number of nitrogens with zero attached hydrogens (tertiary/aromatic N) is 1. The summed E-state index contributed by atoms with van der Waals surface area (Å²) >= 11 is 5.51. The van der Waals surface area contributed by atoms with Crippen LogP contribution in [0.4, 0.5) is 4.79 Å². The van der Waals surface area contributed by atoms with Gasteiger partial charge in [0.1, 0.15) is 11.6 Å². The van der Waals surface area contributed by atoms with Crippen molar-refractivity contribution in [2.45, 2.75) is 51.3 Å². The minimum atomic E-state index is -3.53. The lowest BCUT2D eigenvalue weighted by molar-refractivity contribution is -0.145.